The average molecular weight is 428 g/mol. The normalized spacial score (nSPS) is 16.6. The number of hydrogen-bond donors (Lipinski definition) is 0. The first-order valence-corrected chi connectivity index (χ1v) is 9.08. The molecule has 0 N–H and O–H groups in total. The molecule has 13 heteroatoms. The first-order chi connectivity index (χ1) is 14.1. The molecule has 2 amide bonds. The van der Waals surface area contributed by atoms with E-state index in [0.29, 0.717) is 28.9 Å². The van der Waals surface area contributed by atoms with Crippen molar-refractivity contribution in [2.75, 3.05) is 19.6 Å². The van der Waals surface area contributed by atoms with Crippen molar-refractivity contribution in [1.29, 1.82) is 0 Å². The number of carbonyl (C=O) groups is 2. The molecule has 0 spiro atoms. The van der Waals surface area contributed by atoms with E-state index < -0.39 is 23.8 Å². The summed E-state index contributed by atoms with van der Waals surface area (Å²) in [6.07, 6.45) is -4.34. The SMILES string of the molecule is CCN(C(C)=O)C1CCN(C(=O)n2nnn(-c3cccc(OC(F)(F)F)c3)c2=O)C1. The molecule has 162 valence electrons. The molecule has 1 fully saturated rings. The van der Waals surface area contributed by atoms with Gasteiger partial charge in [-0.1, -0.05) is 6.07 Å². The molecule has 1 aromatic carbocycles. The van der Waals surface area contributed by atoms with E-state index in [1.807, 2.05) is 6.92 Å². The van der Waals surface area contributed by atoms with Gasteiger partial charge >= 0.3 is 18.1 Å². The van der Waals surface area contributed by atoms with E-state index in [4.69, 9.17) is 0 Å². The summed E-state index contributed by atoms with van der Waals surface area (Å²) in [5, 5.41) is 7.13. The standard InChI is InChI=1S/C17H19F3N6O4/c1-3-24(11(2)27)13-7-8-23(10-13)15(28)26-16(29)25(21-22-26)12-5-4-6-14(9-12)30-17(18,19)20/h4-6,9,13H,3,7-8,10H2,1-2H3. The minimum Gasteiger partial charge on any atom is -0.406 e. The molecule has 1 aliphatic rings. The number of nitrogens with zero attached hydrogens (tertiary/aromatic N) is 6. The zero-order valence-electron chi connectivity index (χ0n) is 16.2. The monoisotopic (exact) mass is 428 g/mol. The summed E-state index contributed by atoms with van der Waals surface area (Å²) < 4.78 is 42.3. The highest BCUT2D eigenvalue weighted by molar-refractivity contribution is 5.77. The Kier molecular flexibility index (Phi) is 5.80. The van der Waals surface area contributed by atoms with Gasteiger partial charge in [-0.15, -0.1) is 17.9 Å². The van der Waals surface area contributed by atoms with Crippen LogP contribution in [0.1, 0.15) is 20.3 Å². The summed E-state index contributed by atoms with van der Waals surface area (Å²) in [4.78, 5) is 40.0. The van der Waals surface area contributed by atoms with Gasteiger partial charge in [-0.05, 0) is 35.9 Å². The fourth-order valence-electron chi connectivity index (χ4n) is 3.38. The van der Waals surface area contributed by atoms with Crippen molar-refractivity contribution >= 4 is 11.9 Å². The van der Waals surface area contributed by atoms with E-state index in [0.717, 1.165) is 12.1 Å². The second-order valence-electron chi connectivity index (χ2n) is 6.61. The van der Waals surface area contributed by atoms with Crippen LogP contribution >= 0.6 is 0 Å². The zero-order valence-corrected chi connectivity index (χ0v) is 16.2. The van der Waals surface area contributed by atoms with Gasteiger partial charge in [0, 0.05) is 32.6 Å². The van der Waals surface area contributed by atoms with Crippen molar-refractivity contribution in [1.82, 2.24) is 29.6 Å². The molecule has 0 bridgehead atoms. The number of hydrogen-bond acceptors (Lipinski definition) is 6. The zero-order chi connectivity index (χ0) is 22.1. The number of likely N-dealkylation sites (N-methyl/N-ethyl adjacent to an activating group) is 1. The Balaban J connectivity index is 1.79. The smallest absolute Gasteiger partial charge is 0.406 e. The third-order valence-electron chi connectivity index (χ3n) is 4.68. The van der Waals surface area contributed by atoms with Gasteiger partial charge in [0.15, 0.2) is 0 Å². The number of rotatable bonds is 4. The molecular weight excluding hydrogens is 409 g/mol. The minimum absolute atomic E-state index is 0.0474. The van der Waals surface area contributed by atoms with E-state index in [9.17, 15) is 27.6 Å². The first-order valence-electron chi connectivity index (χ1n) is 9.08. The van der Waals surface area contributed by atoms with Crippen LogP contribution < -0.4 is 10.4 Å². The van der Waals surface area contributed by atoms with Crippen molar-refractivity contribution in [3.05, 3.63) is 34.7 Å². The Morgan fingerprint density at radius 1 is 1.30 bits per heavy atom. The van der Waals surface area contributed by atoms with E-state index >= 15 is 0 Å². The highest BCUT2D eigenvalue weighted by Gasteiger charge is 2.33. The number of aromatic nitrogens is 4. The maximum absolute atomic E-state index is 12.7. The summed E-state index contributed by atoms with van der Waals surface area (Å²) in [6.45, 7) is 4.33. The Labute approximate surface area is 168 Å². The molecule has 0 aliphatic carbocycles. The fraction of sp³-hybridized carbons (Fsp3) is 0.471. The molecule has 0 saturated carbocycles. The van der Waals surface area contributed by atoms with Gasteiger partial charge in [0.1, 0.15) is 5.75 Å². The van der Waals surface area contributed by atoms with E-state index in [1.54, 1.807) is 4.90 Å². The molecule has 1 aliphatic heterocycles. The average Bonchev–Trinajstić information content (AvgIpc) is 3.27. The summed E-state index contributed by atoms with van der Waals surface area (Å²) in [6, 6.07) is 3.70. The molecule has 1 unspecified atom stereocenters. The van der Waals surface area contributed by atoms with E-state index in [-0.39, 0.29) is 24.2 Å². The lowest BCUT2D eigenvalue weighted by molar-refractivity contribution is -0.274. The maximum Gasteiger partial charge on any atom is 0.573 e. The second kappa shape index (κ2) is 8.16. The van der Waals surface area contributed by atoms with Gasteiger partial charge in [-0.25, -0.2) is 9.59 Å². The lowest BCUT2D eigenvalue weighted by Gasteiger charge is -2.26. The lowest BCUT2D eigenvalue weighted by Crippen LogP contribution is -2.44. The number of alkyl halides is 3. The van der Waals surface area contributed by atoms with Gasteiger partial charge in [0.25, 0.3) is 0 Å². The number of amides is 2. The molecular formula is C17H19F3N6O4. The topological polar surface area (TPSA) is 103 Å². The van der Waals surface area contributed by atoms with E-state index in [2.05, 4.69) is 15.2 Å². The number of benzene rings is 1. The number of carbonyl (C=O) groups excluding carboxylic acids is 2. The van der Waals surface area contributed by atoms with Crippen LogP contribution in [0.4, 0.5) is 18.0 Å². The fourth-order valence-corrected chi connectivity index (χ4v) is 3.38. The Morgan fingerprint density at radius 2 is 2.03 bits per heavy atom. The lowest BCUT2D eigenvalue weighted by atomic mass is 10.2. The maximum atomic E-state index is 12.7. The van der Waals surface area contributed by atoms with Gasteiger partial charge in [-0.2, -0.15) is 4.68 Å². The van der Waals surface area contributed by atoms with Crippen LogP contribution in [0.25, 0.3) is 5.69 Å². The molecule has 1 aromatic heterocycles. The van der Waals surface area contributed by atoms with Crippen LogP contribution in [0, 0.1) is 0 Å². The van der Waals surface area contributed by atoms with Crippen molar-refractivity contribution in [2.24, 2.45) is 0 Å². The van der Waals surface area contributed by atoms with Gasteiger partial charge < -0.3 is 14.5 Å². The van der Waals surface area contributed by atoms with Crippen LogP contribution in [0.15, 0.2) is 29.1 Å². The van der Waals surface area contributed by atoms with Crippen molar-refractivity contribution in [3.8, 4) is 11.4 Å². The molecule has 3 rings (SSSR count). The third-order valence-corrected chi connectivity index (χ3v) is 4.68. The Hall–Kier alpha value is -3.38. The first kappa shape index (κ1) is 21.3. The number of tetrazole rings is 1. The van der Waals surface area contributed by atoms with Gasteiger partial charge in [-0.3, -0.25) is 4.79 Å². The molecule has 2 aromatic rings. The van der Waals surface area contributed by atoms with Gasteiger partial charge in [0.2, 0.25) is 5.91 Å². The summed E-state index contributed by atoms with van der Waals surface area (Å²) >= 11 is 0. The molecule has 30 heavy (non-hydrogen) atoms. The van der Waals surface area contributed by atoms with Crippen molar-refractivity contribution in [3.63, 3.8) is 0 Å². The quantitative estimate of drug-likeness (QED) is 0.679. The third kappa shape index (κ3) is 4.44. The highest BCUT2D eigenvalue weighted by Crippen LogP contribution is 2.24. The molecule has 1 atom stereocenters. The highest BCUT2D eigenvalue weighted by atomic mass is 19.4. The summed E-state index contributed by atoms with van der Waals surface area (Å²) in [7, 11) is 0. The van der Waals surface area contributed by atoms with Crippen molar-refractivity contribution < 1.29 is 27.5 Å². The Morgan fingerprint density at radius 3 is 2.67 bits per heavy atom. The summed E-state index contributed by atoms with van der Waals surface area (Å²) in [5.41, 5.74) is -0.986. The van der Waals surface area contributed by atoms with Crippen LogP contribution in [0.2, 0.25) is 0 Å². The van der Waals surface area contributed by atoms with Crippen molar-refractivity contribution in [2.45, 2.75) is 32.7 Å². The Bertz CT molecular complexity index is 1000. The molecule has 10 nitrogen and oxygen atoms in total. The van der Waals surface area contributed by atoms with Crippen LogP contribution in [-0.2, 0) is 4.79 Å². The summed E-state index contributed by atoms with van der Waals surface area (Å²) in [5.74, 6) is -0.653. The predicted octanol–water partition coefficient (Wildman–Crippen LogP) is 1.24. The van der Waals surface area contributed by atoms with Crippen LogP contribution in [0.5, 0.6) is 5.75 Å². The number of halogens is 3. The molecule has 2 heterocycles. The minimum atomic E-state index is -4.89. The molecule has 0 radical (unpaired) electrons. The van der Waals surface area contributed by atoms with Crippen LogP contribution in [0.3, 0.4) is 0 Å². The van der Waals surface area contributed by atoms with E-state index in [1.165, 1.54) is 24.0 Å². The molecule has 1 saturated heterocycles. The van der Waals surface area contributed by atoms with Gasteiger partial charge in [0.05, 0.1) is 11.7 Å². The number of likely N-dealkylation sites (tertiary alicyclic amines) is 1. The van der Waals surface area contributed by atoms with Crippen LogP contribution in [-0.4, -0.2) is 73.6 Å². The largest absolute Gasteiger partial charge is 0.573 e. The predicted molar refractivity (Wildman–Crippen MR) is 96.1 cm³/mol. The second-order valence-corrected chi connectivity index (χ2v) is 6.61. The number of ether oxygens (including phenoxy) is 1.